The number of hydrogen-bond donors (Lipinski definition) is 1. The van der Waals surface area contributed by atoms with Crippen LogP contribution in [0, 0.1) is 6.92 Å². The minimum Gasteiger partial charge on any atom is -0.444 e. The second-order valence-corrected chi connectivity index (χ2v) is 6.89. The van der Waals surface area contributed by atoms with Crippen molar-refractivity contribution in [1.82, 2.24) is 15.3 Å². The van der Waals surface area contributed by atoms with Gasteiger partial charge in [-0.05, 0) is 40.5 Å². The highest BCUT2D eigenvalue weighted by molar-refractivity contribution is 6.29. The topological polar surface area (TPSA) is 67.4 Å². The molecule has 0 aliphatic carbocycles. The first-order valence-electron chi connectivity index (χ1n) is 7.48. The summed E-state index contributed by atoms with van der Waals surface area (Å²) in [6, 6.07) is 1.90. The van der Waals surface area contributed by atoms with E-state index < -0.39 is 5.60 Å². The number of carbonyl (C=O) groups is 1. The van der Waals surface area contributed by atoms with E-state index in [0.717, 1.165) is 31.7 Å². The third kappa shape index (κ3) is 5.02. The van der Waals surface area contributed by atoms with Crippen molar-refractivity contribution in [3.8, 4) is 0 Å². The second kappa shape index (κ2) is 6.69. The van der Waals surface area contributed by atoms with E-state index in [9.17, 15) is 4.79 Å². The lowest BCUT2D eigenvalue weighted by Gasteiger charge is -2.33. The molecule has 1 aliphatic rings. The molecule has 0 unspecified atom stereocenters. The molecule has 1 saturated heterocycles. The first-order chi connectivity index (χ1) is 10.2. The lowest BCUT2D eigenvalue weighted by Crippen LogP contribution is -2.46. The summed E-state index contributed by atoms with van der Waals surface area (Å²) in [4.78, 5) is 22.4. The van der Waals surface area contributed by atoms with Crippen LogP contribution in [0.4, 0.5) is 10.6 Å². The summed E-state index contributed by atoms with van der Waals surface area (Å²) in [6.07, 6.45) is 1.34. The SMILES string of the molecule is Cc1nc(Cl)cc(N2CCC(NC(=O)OC(C)(C)C)CC2)n1. The molecular formula is C15H23ClN4O2. The Hall–Kier alpha value is -1.56. The Bertz CT molecular complexity index is 517. The molecule has 2 rings (SSSR count). The fraction of sp³-hybridized carbons (Fsp3) is 0.667. The predicted molar refractivity (Wildman–Crippen MR) is 86.4 cm³/mol. The van der Waals surface area contributed by atoms with E-state index in [1.807, 2.05) is 27.7 Å². The van der Waals surface area contributed by atoms with E-state index >= 15 is 0 Å². The number of nitrogens with one attached hydrogen (secondary N) is 1. The number of aryl methyl sites for hydroxylation is 1. The summed E-state index contributed by atoms with van der Waals surface area (Å²) in [5.74, 6) is 1.50. The predicted octanol–water partition coefficient (Wildman–Crippen LogP) is 2.93. The first kappa shape index (κ1) is 16.8. The highest BCUT2D eigenvalue weighted by Crippen LogP contribution is 2.21. The van der Waals surface area contributed by atoms with Gasteiger partial charge in [0.2, 0.25) is 0 Å². The van der Waals surface area contributed by atoms with Crippen molar-refractivity contribution in [3.63, 3.8) is 0 Å². The molecule has 0 bridgehead atoms. The first-order valence-corrected chi connectivity index (χ1v) is 7.86. The lowest BCUT2D eigenvalue weighted by atomic mass is 10.1. The van der Waals surface area contributed by atoms with Crippen molar-refractivity contribution >= 4 is 23.5 Å². The molecule has 1 aliphatic heterocycles. The van der Waals surface area contributed by atoms with Crippen LogP contribution in [0.1, 0.15) is 39.4 Å². The van der Waals surface area contributed by atoms with Crippen LogP contribution in [-0.4, -0.2) is 40.8 Å². The Kier molecular flexibility index (Phi) is 5.11. The molecule has 0 aromatic carbocycles. The number of alkyl carbamates (subject to hydrolysis) is 1. The average Bonchev–Trinajstić information content (AvgIpc) is 2.36. The standard InChI is InChI=1S/C15H23ClN4O2/c1-10-17-12(16)9-13(18-10)20-7-5-11(6-8-20)19-14(21)22-15(2,3)4/h9,11H,5-8H2,1-4H3,(H,19,21). The van der Waals surface area contributed by atoms with Gasteiger partial charge in [0.15, 0.2) is 0 Å². The minimum atomic E-state index is -0.472. The number of ether oxygens (including phenoxy) is 1. The molecule has 6 nitrogen and oxygen atoms in total. The van der Waals surface area contributed by atoms with E-state index in [2.05, 4.69) is 20.2 Å². The van der Waals surface area contributed by atoms with Crippen molar-refractivity contribution in [1.29, 1.82) is 0 Å². The zero-order chi connectivity index (χ0) is 16.3. The molecular weight excluding hydrogens is 304 g/mol. The van der Waals surface area contributed by atoms with Crippen molar-refractivity contribution < 1.29 is 9.53 Å². The van der Waals surface area contributed by atoms with Crippen LogP contribution in [0.3, 0.4) is 0 Å². The number of anilines is 1. The molecule has 0 atom stereocenters. The van der Waals surface area contributed by atoms with Crippen LogP contribution in [-0.2, 0) is 4.74 Å². The number of amides is 1. The fourth-order valence-electron chi connectivity index (χ4n) is 2.41. The van der Waals surface area contributed by atoms with Gasteiger partial charge in [-0.1, -0.05) is 11.6 Å². The van der Waals surface area contributed by atoms with Crippen LogP contribution < -0.4 is 10.2 Å². The van der Waals surface area contributed by atoms with Gasteiger partial charge in [-0.15, -0.1) is 0 Å². The second-order valence-electron chi connectivity index (χ2n) is 6.50. The summed E-state index contributed by atoms with van der Waals surface area (Å²) in [7, 11) is 0. The Morgan fingerprint density at radius 1 is 1.36 bits per heavy atom. The largest absolute Gasteiger partial charge is 0.444 e. The molecule has 122 valence electrons. The van der Waals surface area contributed by atoms with Crippen molar-refractivity contribution in [2.45, 2.75) is 52.2 Å². The molecule has 7 heteroatoms. The number of aromatic nitrogens is 2. The summed E-state index contributed by atoms with van der Waals surface area (Å²) in [6.45, 7) is 9.02. The highest BCUT2D eigenvalue weighted by atomic mass is 35.5. The van der Waals surface area contributed by atoms with E-state index in [1.165, 1.54) is 0 Å². The number of nitrogens with zero attached hydrogens (tertiary/aromatic N) is 3. The van der Waals surface area contributed by atoms with Crippen LogP contribution in [0.15, 0.2) is 6.07 Å². The van der Waals surface area contributed by atoms with Gasteiger partial charge in [0.25, 0.3) is 0 Å². The zero-order valence-corrected chi connectivity index (χ0v) is 14.3. The maximum atomic E-state index is 11.8. The third-order valence-electron chi connectivity index (χ3n) is 3.33. The Labute approximate surface area is 136 Å². The van der Waals surface area contributed by atoms with Gasteiger partial charge in [0.05, 0.1) is 0 Å². The summed E-state index contributed by atoms with van der Waals surface area (Å²) in [5.41, 5.74) is -0.472. The average molecular weight is 327 g/mol. The van der Waals surface area contributed by atoms with Gasteiger partial charge in [-0.2, -0.15) is 0 Å². The van der Waals surface area contributed by atoms with E-state index in [4.69, 9.17) is 16.3 Å². The maximum absolute atomic E-state index is 11.8. The van der Waals surface area contributed by atoms with Crippen molar-refractivity contribution in [3.05, 3.63) is 17.0 Å². The Morgan fingerprint density at radius 3 is 2.55 bits per heavy atom. The molecule has 0 radical (unpaired) electrons. The highest BCUT2D eigenvalue weighted by Gasteiger charge is 2.24. The van der Waals surface area contributed by atoms with Crippen LogP contribution in [0.5, 0.6) is 0 Å². The van der Waals surface area contributed by atoms with Crippen LogP contribution >= 0.6 is 11.6 Å². The minimum absolute atomic E-state index is 0.129. The molecule has 0 spiro atoms. The third-order valence-corrected chi connectivity index (χ3v) is 3.53. The number of halogens is 1. The van der Waals surface area contributed by atoms with Crippen LogP contribution in [0.25, 0.3) is 0 Å². The number of piperidine rings is 1. The quantitative estimate of drug-likeness (QED) is 0.846. The summed E-state index contributed by atoms with van der Waals surface area (Å²) < 4.78 is 5.28. The van der Waals surface area contributed by atoms with Gasteiger partial charge >= 0.3 is 6.09 Å². The van der Waals surface area contributed by atoms with E-state index in [-0.39, 0.29) is 12.1 Å². The zero-order valence-electron chi connectivity index (χ0n) is 13.5. The molecule has 2 heterocycles. The molecule has 1 fully saturated rings. The van der Waals surface area contributed by atoms with Crippen molar-refractivity contribution in [2.75, 3.05) is 18.0 Å². The van der Waals surface area contributed by atoms with Gasteiger partial charge in [-0.25, -0.2) is 14.8 Å². The molecule has 1 aromatic rings. The molecule has 0 saturated carbocycles. The van der Waals surface area contributed by atoms with Gasteiger partial charge in [0.1, 0.15) is 22.4 Å². The van der Waals surface area contributed by atoms with E-state index in [1.54, 1.807) is 6.07 Å². The molecule has 1 aromatic heterocycles. The van der Waals surface area contributed by atoms with Gasteiger partial charge in [0, 0.05) is 25.2 Å². The summed E-state index contributed by atoms with van der Waals surface area (Å²) >= 11 is 5.98. The smallest absolute Gasteiger partial charge is 0.407 e. The van der Waals surface area contributed by atoms with Crippen molar-refractivity contribution in [2.24, 2.45) is 0 Å². The maximum Gasteiger partial charge on any atom is 0.407 e. The molecule has 1 amide bonds. The Morgan fingerprint density at radius 2 is 2.00 bits per heavy atom. The number of carbonyl (C=O) groups excluding carboxylic acids is 1. The number of rotatable bonds is 2. The van der Waals surface area contributed by atoms with Gasteiger partial charge in [-0.3, -0.25) is 0 Å². The molecule has 22 heavy (non-hydrogen) atoms. The van der Waals surface area contributed by atoms with Crippen LogP contribution in [0.2, 0.25) is 5.15 Å². The lowest BCUT2D eigenvalue weighted by molar-refractivity contribution is 0.0497. The number of hydrogen-bond acceptors (Lipinski definition) is 5. The fourth-order valence-corrected chi connectivity index (χ4v) is 2.63. The van der Waals surface area contributed by atoms with E-state index in [0.29, 0.717) is 11.0 Å². The Balaban J connectivity index is 1.86. The summed E-state index contributed by atoms with van der Waals surface area (Å²) in [5, 5.41) is 3.38. The molecule has 1 N–H and O–H groups in total. The monoisotopic (exact) mass is 326 g/mol. The van der Waals surface area contributed by atoms with Gasteiger partial charge < -0.3 is 15.0 Å². The normalized spacial score (nSPS) is 16.5.